The maximum absolute atomic E-state index is 12.5. The van der Waals surface area contributed by atoms with Gasteiger partial charge < -0.3 is 19.6 Å². The molecule has 1 aliphatic heterocycles. The lowest BCUT2D eigenvalue weighted by atomic mass is 10.1. The van der Waals surface area contributed by atoms with Crippen LogP contribution in [0.5, 0.6) is 5.75 Å². The Labute approximate surface area is 149 Å². The lowest BCUT2D eigenvalue weighted by molar-refractivity contribution is -0.131. The number of nitrogens with zero attached hydrogens (tertiary/aromatic N) is 2. The third kappa shape index (κ3) is 4.95. The van der Waals surface area contributed by atoms with Crippen molar-refractivity contribution in [2.24, 2.45) is 0 Å². The van der Waals surface area contributed by atoms with Crippen LogP contribution >= 0.6 is 0 Å². The Balaban J connectivity index is 2.00. The number of unbranched alkanes of at least 4 members (excludes halogenated alkanes) is 2. The maximum Gasteiger partial charge on any atom is 0.267 e. The first-order chi connectivity index (χ1) is 12.1. The predicted molar refractivity (Wildman–Crippen MR) is 96.7 cm³/mol. The SMILES string of the molecule is CCCCCN(CCO)C(=O)CCN1C(=O)[C@@H](C)Oc2ccccc21. The number of aliphatic hydroxyl groups is 1. The zero-order chi connectivity index (χ0) is 18.2. The van der Waals surface area contributed by atoms with Crippen molar-refractivity contribution in [3.63, 3.8) is 0 Å². The highest BCUT2D eigenvalue weighted by molar-refractivity contribution is 6.00. The van der Waals surface area contributed by atoms with E-state index in [0.717, 1.165) is 19.3 Å². The molecule has 0 saturated heterocycles. The number of aliphatic hydroxyl groups excluding tert-OH is 1. The van der Waals surface area contributed by atoms with E-state index in [2.05, 4.69) is 6.92 Å². The van der Waals surface area contributed by atoms with E-state index in [-0.39, 0.29) is 24.8 Å². The quantitative estimate of drug-likeness (QED) is 0.695. The average molecular weight is 348 g/mol. The van der Waals surface area contributed by atoms with Gasteiger partial charge in [-0.2, -0.15) is 0 Å². The third-order valence-electron chi connectivity index (χ3n) is 4.38. The highest BCUT2D eigenvalue weighted by Crippen LogP contribution is 2.33. The van der Waals surface area contributed by atoms with Gasteiger partial charge in [-0.3, -0.25) is 9.59 Å². The van der Waals surface area contributed by atoms with Crippen LogP contribution in [0.4, 0.5) is 5.69 Å². The molecule has 0 fully saturated rings. The van der Waals surface area contributed by atoms with E-state index in [0.29, 0.717) is 31.1 Å². The van der Waals surface area contributed by atoms with Crippen LogP contribution in [0.2, 0.25) is 0 Å². The summed E-state index contributed by atoms with van der Waals surface area (Å²) in [5.74, 6) is 0.498. The molecule has 1 atom stereocenters. The highest BCUT2D eigenvalue weighted by Gasteiger charge is 2.31. The largest absolute Gasteiger partial charge is 0.479 e. The van der Waals surface area contributed by atoms with Crippen LogP contribution in [0, 0.1) is 0 Å². The van der Waals surface area contributed by atoms with E-state index in [1.54, 1.807) is 16.7 Å². The predicted octanol–water partition coefficient (Wildman–Crippen LogP) is 2.20. The normalized spacial score (nSPS) is 16.4. The van der Waals surface area contributed by atoms with Crippen LogP contribution in [0.1, 0.15) is 39.5 Å². The summed E-state index contributed by atoms with van der Waals surface area (Å²) >= 11 is 0. The fraction of sp³-hybridized carbons (Fsp3) is 0.579. The van der Waals surface area contributed by atoms with Gasteiger partial charge in [0.25, 0.3) is 5.91 Å². The summed E-state index contributed by atoms with van der Waals surface area (Å²) in [5.41, 5.74) is 0.707. The summed E-state index contributed by atoms with van der Waals surface area (Å²) in [6, 6.07) is 7.37. The molecule has 0 aromatic heterocycles. The van der Waals surface area contributed by atoms with Crippen molar-refractivity contribution in [2.75, 3.05) is 31.1 Å². The van der Waals surface area contributed by atoms with E-state index in [1.807, 2.05) is 24.3 Å². The van der Waals surface area contributed by atoms with Gasteiger partial charge in [-0.1, -0.05) is 31.9 Å². The lowest BCUT2D eigenvalue weighted by Crippen LogP contribution is -2.46. The molecule has 6 heteroatoms. The second-order valence-corrected chi connectivity index (χ2v) is 6.28. The molecule has 0 aliphatic carbocycles. The molecule has 6 nitrogen and oxygen atoms in total. The van der Waals surface area contributed by atoms with Gasteiger partial charge >= 0.3 is 0 Å². The zero-order valence-electron chi connectivity index (χ0n) is 15.1. The number of carbonyl (C=O) groups excluding carboxylic acids is 2. The van der Waals surface area contributed by atoms with Crippen molar-refractivity contribution in [2.45, 2.75) is 45.6 Å². The summed E-state index contributed by atoms with van der Waals surface area (Å²) in [7, 11) is 0. The molecule has 0 spiro atoms. The summed E-state index contributed by atoms with van der Waals surface area (Å²) in [4.78, 5) is 28.3. The van der Waals surface area contributed by atoms with E-state index < -0.39 is 6.10 Å². The summed E-state index contributed by atoms with van der Waals surface area (Å²) in [6.07, 6.45) is 2.75. The summed E-state index contributed by atoms with van der Waals surface area (Å²) < 4.78 is 5.61. The number of benzene rings is 1. The summed E-state index contributed by atoms with van der Waals surface area (Å²) in [5, 5.41) is 9.19. The Hall–Kier alpha value is -2.08. The molecule has 0 bridgehead atoms. The second kappa shape index (κ2) is 9.42. The minimum Gasteiger partial charge on any atom is -0.479 e. The highest BCUT2D eigenvalue weighted by atomic mass is 16.5. The minimum atomic E-state index is -0.553. The number of hydrogen-bond acceptors (Lipinski definition) is 4. The molecule has 1 aromatic carbocycles. The fourth-order valence-corrected chi connectivity index (χ4v) is 2.99. The average Bonchev–Trinajstić information content (AvgIpc) is 2.61. The molecular formula is C19H28N2O4. The first kappa shape index (κ1) is 19.2. The Morgan fingerprint density at radius 2 is 2.04 bits per heavy atom. The first-order valence-corrected chi connectivity index (χ1v) is 9.04. The van der Waals surface area contributed by atoms with E-state index >= 15 is 0 Å². The van der Waals surface area contributed by atoms with Gasteiger partial charge in [-0.25, -0.2) is 0 Å². The second-order valence-electron chi connectivity index (χ2n) is 6.28. The number of carbonyl (C=O) groups is 2. The molecule has 1 aromatic rings. The van der Waals surface area contributed by atoms with Crippen molar-refractivity contribution in [3.05, 3.63) is 24.3 Å². The van der Waals surface area contributed by atoms with Crippen LogP contribution in [0.3, 0.4) is 0 Å². The van der Waals surface area contributed by atoms with Crippen molar-refractivity contribution in [1.82, 2.24) is 4.90 Å². The van der Waals surface area contributed by atoms with Gasteiger partial charge in [-0.15, -0.1) is 0 Å². The van der Waals surface area contributed by atoms with E-state index in [9.17, 15) is 14.7 Å². The third-order valence-corrected chi connectivity index (χ3v) is 4.38. The van der Waals surface area contributed by atoms with Gasteiger partial charge in [0.1, 0.15) is 5.75 Å². The molecule has 0 radical (unpaired) electrons. The standard InChI is InChI=1S/C19H28N2O4/c1-3-4-7-11-20(13-14-22)18(23)10-12-21-16-8-5-6-9-17(16)25-15(2)19(21)24/h5-6,8-9,15,22H,3-4,7,10-14H2,1-2H3/t15-/m1/s1. The van der Waals surface area contributed by atoms with E-state index in [1.165, 1.54) is 0 Å². The van der Waals surface area contributed by atoms with Crippen LogP contribution in [-0.4, -0.2) is 54.2 Å². The molecule has 1 heterocycles. The number of para-hydroxylation sites is 2. The Kier molecular flexibility index (Phi) is 7.25. The van der Waals surface area contributed by atoms with Crippen LogP contribution in [0.15, 0.2) is 24.3 Å². The smallest absolute Gasteiger partial charge is 0.267 e. The van der Waals surface area contributed by atoms with Crippen LogP contribution < -0.4 is 9.64 Å². The zero-order valence-corrected chi connectivity index (χ0v) is 15.1. The first-order valence-electron chi connectivity index (χ1n) is 9.04. The van der Waals surface area contributed by atoms with Gasteiger partial charge in [0.05, 0.1) is 12.3 Å². The Morgan fingerprint density at radius 3 is 2.76 bits per heavy atom. The van der Waals surface area contributed by atoms with Crippen molar-refractivity contribution < 1.29 is 19.4 Å². The van der Waals surface area contributed by atoms with E-state index in [4.69, 9.17) is 4.74 Å². The molecule has 2 rings (SSSR count). The van der Waals surface area contributed by atoms with Crippen LogP contribution in [-0.2, 0) is 9.59 Å². The minimum absolute atomic E-state index is 0.0328. The number of rotatable bonds is 9. The number of fused-ring (bicyclic) bond motifs is 1. The molecular weight excluding hydrogens is 320 g/mol. The molecule has 2 amide bonds. The Bertz CT molecular complexity index is 591. The molecule has 1 N–H and O–H groups in total. The van der Waals surface area contributed by atoms with Gasteiger partial charge in [-0.05, 0) is 25.5 Å². The molecule has 0 saturated carbocycles. The van der Waals surface area contributed by atoms with Crippen molar-refractivity contribution >= 4 is 17.5 Å². The lowest BCUT2D eigenvalue weighted by Gasteiger charge is -2.33. The van der Waals surface area contributed by atoms with Gasteiger partial charge in [0.2, 0.25) is 5.91 Å². The van der Waals surface area contributed by atoms with Crippen molar-refractivity contribution in [1.29, 1.82) is 0 Å². The number of ether oxygens (including phenoxy) is 1. The number of amides is 2. The topological polar surface area (TPSA) is 70.1 Å². The van der Waals surface area contributed by atoms with Crippen molar-refractivity contribution in [3.8, 4) is 5.75 Å². The van der Waals surface area contributed by atoms with Gasteiger partial charge in [0, 0.05) is 26.1 Å². The monoisotopic (exact) mass is 348 g/mol. The molecule has 25 heavy (non-hydrogen) atoms. The fourth-order valence-electron chi connectivity index (χ4n) is 2.99. The van der Waals surface area contributed by atoms with Gasteiger partial charge in [0.15, 0.2) is 6.10 Å². The summed E-state index contributed by atoms with van der Waals surface area (Å²) in [6.45, 7) is 5.09. The molecule has 0 unspecified atom stereocenters. The number of anilines is 1. The van der Waals surface area contributed by atoms with Crippen LogP contribution in [0.25, 0.3) is 0 Å². The Morgan fingerprint density at radius 1 is 1.28 bits per heavy atom. The maximum atomic E-state index is 12.5. The molecule has 138 valence electrons. The molecule has 1 aliphatic rings. The number of hydrogen-bond donors (Lipinski definition) is 1.